The van der Waals surface area contributed by atoms with Gasteiger partial charge in [-0.1, -0.05) is 25.2 Å². The lowest BCUT2D eigenvalue weighted by Crippen LogP contribution is -2.25. The minimum absolute atomic E-state index is 0.122. The molecule has 0 saturated heterocycles. The first-order valence-corrected chi connectivity index (χ1v) is 13.2. The van der Waals surface area contributed by atoms with Crippen LogP contribution in [0.25, 0.3) is 11.1 Å². The molecule has 0 fully saturated rings. The molecule has 47 heavy (non-hydrogen) atoms. The fourth-order valence-corrected chi connectivity index (χ4v) is 4.33. The largest absolute Gasteiger partial charge is 0.573 e. The van der Waals surface area contributed by atoms with Gasteiger partial charge in [0.2, 0.25) is 5.75 Å². The zero-order valence-electron chi connectivity index (χ0n) is 23.5. The van der Waals surface area contributed by atoms with Gasteiger partial charge in [0.15, 0.2) is 11.6 Å². The number of ether oxygens (including phenoxy) is 2. The molecule has 4 aromatic carbocycles. The summed E-state index contributed by atoms with van der Waals surface area (Å²) in [6.45, 7) is 1.84. The predicted octanol–water partition coefficient (Wildman–Crippen LogP) is 10.2. The summed E-state index contributed by atoms with van der Waals surface area (Å²) in [5.41, 5.74) is -5.34. The minimum Gasteiger partial charge on any atom is -0.429 e. The summed E-state index contributed by atoms with van der Waals surface area (Å²) in [5.74, 6) is -13.1. The molecule has 0 aliphatic heterocycles. The molecule has 0 N–H and O–H groups in total. The first-order chi connectivity index (χ1) is 21.9. The summed E-state index contributed by atoms with van der Waals surface area (Å²) in [7, 11) is 0. The van der Waals surface area contributed by atoms with Crippen molar-refractivity contribution in [2.24, 2.45) is 0 Å². The number of benzene rings is 4. The van der Waals surface area contributed by atoms with Crippen LogP contribution in [0.1, 0.15) is 42.0 Å². The van der Waals surface area contributed by atoms with E-state index in [1.165, 1.54) is 0 Å². The molecule has 2 nitrogen and oxygen atoms in total. The second-order valence-corrected chi connectivity index (χ2v) is 9.80. The van der Waals surface area contributed by atoms with Crippen molar-refractivity contribution in [3.05, 3.63) is 117 Å². The van der Waals surface area contributed by atoms with Gasteiger partial charge in [0.05, 0.1) is 11.1 Å². The van der Waals surface area contributed by atoms with Crippen LogP contribution in [0.3, 0.4) is 0 Å². The van der Waals surface area contributed by atoms with Crippen LogP contribution in [0, 0.1) is 58.4 Å². The Bertz CT molecular complexity index is 1800. The predicted molar refractivity (Wildman–Crippen MR) is 140 cm³/mol. The number of hydrogen-bond donors (Lipinski definition) is 0. The lowest BCUT2D eigenvalue weighted by atomic mass is 9.98. The Kier molecular flexibility index (Phi) is 10.0. The summed E-state index contributed by atoms with van der Waals surface area (Å²) in [6, 6.07) is 3.07. The zero-order valence-corrected chi connectivity index (χ0v) is 23.5. The highest BCUT2D eigenvalue weighted by molar-refractivity contribution is 5.66. The smallest absolute Gasteiger partial charge is 0.429 e. The highest BCUT2D eigenvalue weighted by Crippen LogP contribution is 2.39. The van der Waals surface area contributed by atoms with Crippen molar-refractivity contribution in [1.29, 1.82) is 0 Å². The maximum Gasteiger partial charge on any atom is 0.573 e. The van der Waals surface area contributed by atoms with Crippen LogP contribution in [0.5, 0.6) is 11.5 Å². The Morgan fingerprint density at radius 2 is 1.13 bits per heavy atom. The molecule has 4 aromatic rings. The normalized spacial score (nSPS) is 11.7. The van der Waals surface area contributed by atoms with Crippen LogP contribution in [0.15, 0.2) is 48.5 Å². The molecule has 0 atom stereocenters. The van der Waals surface area contributed by atoms with Crippen molar-refractivity contribution in [1.82, 2.24) is 0 Å². The van der Waals surface area contributed by atoms with Gasteiger partial charge in [0.1, 0.15) is 46.2 Å². The van der Waals surface area contributed by atoms with Gasteiger partial charge in [-0.15, -0.1) is 13.2 Å². The first-order valence-electron chi connectivity index (χ1n) is 13.2. The Morgan fingerprint density at radius 1 is 0.596 bits per heavy atom. The molecule has 248 valence electrons. The molecule has 0 unspecified atom stereocenters. The van der Waals surface area contributed by atoms with Gasteiger partial charge in [0.25, 0.3) is 0 Å². The second kappa shape index (κ2) is 13.5. The van der Waals surface area contributed by atoms with Crippen LogP contribution < -0.4 is 9.47 Å². The van der Waals surface area contributed by atoms with Crippen molar-refractivity contribution >= 4 is 0 Å². The van der Waals surface area contributed by atoms with Crippen molar-refractivity contribution < 1.29 is 66.5 Å². The number of rotatable bonds is 8. The summed E-state index contributed by atoms with van der Waals surface area (Å²) in [4.78, 5) is 0. The Balaban J connectivity index is 1.60. The number of aryl methyl sites for hydroxylation is 1. The molecule has 0 aliphatic rings. The van der Waals surface area contributed by atoms with Gasteiger partial charge in [-0.25, -0.2) is 35.1 Å². The second-order valence-electron chi connectivity index (χ2n) is 9.80. The van der Waals surface area contributed by atoms with Gasteiger partial charge < -0.3 is 9.47 Å². The lowest BCUT2D eigenvalue weighted by Gasteiger charge is -2.20. The zero-order chi connectivity index (χ0) is 34.8. The molecule has 0 radical (unpaired) electrons. The fourth-order valence-electron chi connectivity index (χ4n) is 4.33. The number of hydrogen-bond acceptors (Lipinski definition) is 2. The van der Waals surface area contributed by atoms with E-state index in [4.69, 9.17) is 0 Å². The van der Waals surface area contributed by atoms with E-state index in [2.05, 4.69) is 9.47 Å². The summed E-state index contributed by atoms with van der Waals surface area (Å²) < 4.78 is 190. The molecule has 0 bridgehead atoms. The molecule has 15 heteroatoms. The van der Waals surface area contributed by atoms with Crippen LogP contribution in [-0.4, -0.2) is 6.36 Å². The number of unbranched alkanes of at least 4 members (excludes halogenated alkanes) is 1. The van der Waals surface area contributed by atoms with Gasteiger partial charge >= 0.3 is 12.5 Å². The van der Waals surface area contributed by atoms with Gasteiger partial charge in [-0.05, 0) is 60.4 Å². The highest BCUT2D eigenvalue weighted by atomic mass is 19.4. The lowest BCUT2D eigenvalue weighted by molar-refractivity contribution is -0.276. The third kappa shape index (κ3) is 8.11. The molecule has 0 heterocycles. The van der Waals surface area contributed by atoms with Crippen LogP contribution in [0.2, 0.25) is 0 Å². The highest BCUT2D eigenvalue weighted by Gasteiger charge is 2.42. The quantitative estimate of drug-likeness (QED) is 0.136. The van der Waals surface area contributed by atoms with E-state index in [-0.39, 0.29) is 42.0 Å². The molecule has 0 aliphatic carbocycles. The van der Waals surface area contributed by atoms with Crippen LogP contribution >= 0.6 is 0 Å². The molecule has 0 spiro atoms. The Hall–Kier alpha value is -4.87. The van der Waals surface area contributed by atoms with E-state index in [1.54, 1.807) is 5.92 Å². The maximum absolute atomic E-state index is 14.9. The van der Waals surface area contributed by atoms with E-state index in [0.717, 1.165) is 12.1 Å². The minimum atomic E-state index is -5.44. The monoisotopic (exact) mass is 680 g/mol. The van der Waals surface area contributed by atoms with Crippen molar-refractivity contribution in [3.8, 4) is 34.5 Å². The maximum atomic E-state index is 14.9. The summed E-state index contributed by atoms with van der Waals surface area (Å²) in [5, 5.41) is 0. The first kappa shape index (κ1) is 35.0. The van der Waals surface area contributed by atoms with E-state index in [1.807, 2.05) is 12.8 Å². The topological polar surface area (TPSA) is 18.5 Å². The van der Waals surface area contributed by atoms with Crippen LogP contribution in [-0.2, 0) is 12.5 Å². The van der Waals surface area contributed by atoms with Crippen molar-refractivity contribution in [2.45, 2.75) is 38.7 Å². The van der Waals surface area contributed by atoms with Crippen molar-refractivity contribution in [2.75, 3.05) is 0 Å². The third-order valence-electron chi connectivity index (χ3n) is 6.35. The Labute approximate surface area is 257 Å². The van der Waals surface area contributed by atoms with E-state index in [0.29, 0.717) is 19.3 Å². The van der Waals surface area contributed by atoms with E-state index < -0.39 is 98.3 Å². The molecule has 4 rings (SSSR count). The third-order valence-corrected chi connectivity index (χ3v) is 6.35. The standard InChI is InChI=1S/C32H17F13O2/c1-2-3-4-15-7-22(35)28(23(36)8-15)17-11-24(37)29(25(38)12-17)31(41,42)46-18-13-20(33)19(21(34)14-18)6-5-16-9-26(39)30(27(40)10-16)47-32(43,44)45/h7-14H,2-4H2,1H3. The average molecular weight is 680 g/mol. The summed E-state index contributed by atoms with van der Waals surface area (Å²) >= 11 is 0. The van der Waals surface area contributed by atoms with E-state index in [9.17, 15) is 57.1 Å². The van der Waals surface area contributed by atoms with Gasteiger partial charge in [-0.3, -0.25) is 0 Å². The fraction of sp³-hybridized carbons (Fsp3) is 0.188. The Morgan fingerprint density at radius 3 is 1.62 bits per heavy atom. The molecular weight excluding hydrogens is 663 g/mol. The van der Waals surface area contributed by atoms with Gasteiger partial charge in [-0.2, -0.15) is 8.78 Å². The molecular formula is C32H17F13O2. The summed E-state index contributed by atoms with van der Waals surface area (Å²) in [6.07, 6.45) is -8.77. The SMILES string of the molecule is CCCCc1cc(F)c(-c2cc(F)c(C(F)(F)Oc3cc(F)c(C#Cc4cc(F)c(OC(F)(F)F)c(F)c4)c(F)c3)c(F)c2)c(F)c1. The molecule has 0 saturated carbocycles. The van der Waals surface area contributed by atoms with Crippen LogP contribution in [0.4, 0.5) is 57.1 Å². The van der Waals surface area contributed by atoms with E-state index >= 15 is 0 Å². The molecule has 0 amide bonds. The molecule has 0 aromatic heterocycles. The average Bonchev–Trinajstić information content (AvgIpc) is 2.92. The number of alkyl halides is 5. The number of halogens is 13. The van der Waals surface area contributed by atoms with Crippen molar-refractivity contribution in [3.63, 3.8) is 0 Å². The van der Waals surface area contributed by atoms with Gasteiger partial charge in [0, 0.05) is 17.7 Å².